The van der Waals surface area contributed by atoms with Gasteiger partial charge < -0.3 is 9.47 Å². The lowest BCUT2D eigenvalue weighted by Gasteiger charge is -2.35. The van der Waals surface area contributed by atoms with Gasteiger partial charge in [-0.05, 0) is 25.7 Å². The lowest BCUT2D eigenvalue weighted by atomic mass is 9.87. The van der Waals surface area contributed by atoms with Crippen LogP contribution in [0, 0.1) is 5.41 Å². The monoisotopic (exact) mass is 210 g/mol. The van der Waals surface area contributed by atoms with Gasteiger partial charge in [-0.1, -0.05) is 19.4 Å². The quantitative estimate of drug-likeness (QED) is 0.626. The molecule has 0 atom stereocenters. The van der Waals surface area contributed by atoms with Gasteiger partial charge in [-0.2, -0.15) is 0 Å². The predicted octanol–water partition coefficient (Wildman–Crippen LogP) is 3.28. The summed E-state index contributed by atoms with van der Waals surface area (Å²) in [4.78, 5) is 0. The molecule has 0 aromatic heterocycles. The van der Waals surface area contributed by atoms with Gasteiger partial charge in [-0.25, -0.2) is 0 Å². The van der Waals surface area contributed by atoms with E-state index in [2.05, 4.69) is 13.5 Å². The summed E-state index contributed by atoms with van der Waals surface area (Å²) >= 11 is 0. The van der Waals surface area contributed by atoms with E-state index in [1.54, 1.807) is 0 Å². The van der Waals surface area contributed by atoms with Crippen LogP contribution >= 0.6 is 0 Å². The van der Waals surface area contributed by atoms with Crippen molar-refractivity contribution in [2.75, 3.05) is 13.2 Å². The molecule has 0 amide bonds. The molecule has 2 heteroatoms. The fourth-order valence-electron chi connectivity index (χ4n) is 2.75. The summed E-state index contributed by atoms with van der Waals surface area (Å²) < 4.78 is 11.9. The number of hydrogen-bond acceptors (Lipinski definition) is 2. The summed E-state index contributed by atoms with van der Waals surface area (Å²) in [5.74, 6) is -0.267. The van der Waals surface area contributed by atoms with Crippen LogP contribution in [0.1, 0.15) is 45.4 Å². The van der Waals surface area contributed by atoms with Crippen LogP contribution in [-0.2, 0) is 9.47 Å². The highest BCUT2D eigenvalue weighted by Crippen LogP contribution is 2.61. The molecule has 2 rings (SSSR count). The second-order valence-corrected chi connectivity index (χ2v) is 4.83. The van der Waals surface area contributed by atoms with Crippen LogP contribution < -0.4 is 0 Å². The van der Waals surface area contributed by atoms with Crippen molar-refractivity contribution in [3.63, 3.8) is 0 Å². The Bertz CT molecular complexity index is 225. The molecule has 0 aromatic carbocycles. The van der Waals surface area contributed by atoms with Crippen LogP contribution in [-0.4, -0.2) is 19.0 Å². The number of allylic oxidation sites excluding steroid dienone is 1. The Kier molecular flexibility index (Phi) is 3.17. The van der Waals surface area contributed by atoms with Gasteiger partial charge in [0, 0.05) is 11.8 Å². The SMILES string of the molecule is C=CCC1(C2(CCCC)OCCO2)CC1. The maximum atomic E-state index is 5.95. The van der Waals surface area contributed by atoms with E-state index in [4.69, 9.17) is 9.47 Å². The van der Waals surface area contributed by atoms with E-state index in [0.717, 1.165) is 26.1 Å². The minimum Gasteiger partial charge on any atom is -0.347 e. The molecule has 1 aliphatic heterocycles. The highest BCUT2D eigenvalue weighted by Gasteiger charge is 2.61. The van der Waals surface area contributed by atoms with Crippen molar-refractivity contribution in [2.24, 2.45) is 5.41 Å². The molecule has 0 N–H and O–H groups in total. The van der Waals surface area contributed by atoms with Crippen molar-refractivity contribution in [3.05, 3.63) is 12.7 Å². The van der Waals surface area contributed by atoms with E-state index in [-0.39, 0.29) is 11.2 Å². The van der Waals surface area contributed by atoms with Crippen molar-refractivity contribution >= 4 is 0 Å². The molecule has 0 bridgehead atoms. The lowest BCUT2D eigenvalue weighted by Crippen LogP contribution is -2.40. The Morgan fingerprint density at radius 2 is 1.93 bits per heavy atom. The van der Waals surface area contributed by atoms with Crippen LogP contribution in [0.25, 0.3) is 0 Å². The number of hydrogen-bond donors (Lipinski definition) is 0. The Balaban J connectivity index is 2.07. The minimum absolute atomic E-state index is 0.264. The molecule has 0 radical (unpaired) electrons. The van der Waals surface area contributed by atoms with Crippen LogP contribution in [0.5, 0.6) is 0 Å². The molecule has 0 spiro atoms. The zero-order valence-electron chi connectivity index (χ0n) is 9.76. The van der Waals surface area contributed by atoms with Gasteiger partial charge in [0.05, 0.1) is 13.2 Å². The normalized spacial score (nSPS) is 26.5. The number of rotatable bonds is 6. The zero-order chi connectivity index (χ0) is 10.8. The minimum atomic E-state index is -0.267. The largest absolute Gasteiger partial charge is 0.347 e. The second kappa shape index (κ2) is 4.26. The summed E-state index contributed by atoms with van der Waals surface area (Å²) in [6.07, 6.45) is 8.99. The fraction of sp³-hybridized carbons (Fsp3) is 0.846. The van der Waals surface area contributed by atoms with Gasteiger partial charge in [0.1, 0.15) is 0 Å². The molecule has 1 heterocycles. The highest BCUT2D eigenvalue weighted by molar-refractivity contribution is 5.08. The third-order valence-corrected chi connectivity index (χ3v) is 3.81. The third kappa shape index (κ3) is 1.85. The Morgan fingerprint density at radius 3 is 2.40 bits per heavy atom. The summed E-state index contributed by atoms with van der Waals surface area (Å²) in [5, 5.41) is 0. The summed E-state index contributed by atoms with van der Waals surface area (Å²) in [6.45, 7) is 7.61. The van der Waals surface area contributed by atoms with Gasteiger partial charge in [0.15, 0.2) is 5.79 Å². The summed E-state index contributed by atoms with van der Waals surface area (Å²) in [6, 6.07) is 0. The molecule has 1 saturated heterocycles. The third-order valence-electron chi connectivity index (χ3n) is 3.81. The molecular formula is C13H22O2. The second-order valence-electron chi connectivity index (χ2n) is 4.83. The number of unbranched alkanes of at least 4 members (excludes halogenated alkanes) is 1. The summed E-state index contributed by atoms with van der Waals surface area (Å²) in [7, 11) is 0. The van der Waals surface area contributed by atoms with Gasteiger partial charge in [-0.3, -0.25) is 0 Å². The van der Waals surface area contributed by atoms with Crippen molar-refractivity contribution in [1.29, 1.82) is 0 Å². The van der Waals surface area contributed by atoms with E-state index >= 15 is 0 Å². The molecule has 86 valence electrons. The Hall–Kier alpha value is -0.340. The van der Waals surface area contributed by atoms with Crippen LogP contribution in [0.2, 0.25) is 0 Å². The zero-order valence-corrected chi connectivity index (χ0v) is 9.76. The first kappa shape index (κ1) is 11.2. The molecule has 2 aliphatic rings. The highest BCUT2D eigenvalue weighted by atomic mass is 16.7. The van der Waals surface area contributed by atoms with Crippen molar-refractivity contribution in [1.82, 2.24) is 0 Å². The van der Waals surface area contributed by atoms with E-state index in [1.807, 2.05) is 6.08 Å². The van der Waals surface area contributed by atoms with Gasteiger partial charge in [0.25, 0.3) is 0 Å². The molecule has 0 aromatic rings. The smallest absolute Gasteiger partial charge is 0.174 e. The van der Waals surface area contributed by atoms with E-state index in [9.17, 15) is 0 Å². The molecule has 1 saturated carbocycles. The van der Waals surface area contributed by atoms with Crippen molar-refractivity contribution in [2.45, 2.75) is 51.2 Å². The first-order valence-electron chi connectivity index (χ1n) is 6.17. The molecule has 15 heavy (non-hydrogen) atoms. The van der Waals surface area contributed by atoms with Crippen molar-refractivity contribution in [3.8, 4) is 0 Å². The van der Waals surface area contributed by atoms with Gasteiger partial charge in [0.2, 0.25) is 0 Å². The fourth-order valence-corrected chi connectivity index (χ4v) is 2.75. The maximum absolute atomic E-state index is 5.95. The van der Waals surface area contributed by atoms with E-state index < -0.39 is 0 Å². The van der Waals surface area contributed by atoms with Gasteiger partial charge in [-0.15, -0.1) is 6.58 Å². The standard InChI is InChI=1S/C13H22O2/c1-3-5-7-13(14-10-11-15-13)12(6-4-2)8-9-12/h4H,2-3,5-11H2,1H3. The van der Waals surface area contributed by atoms with E-state index in [1.165, 1.54) is 25.7 Å². The lowest BCUT2D eigenvalue weighted by molar-refractivity contribution is -0.211. The first-order chi connectivity index (χ1) is 7.29. The average molecular weight is 210 g/mol. The van der Waals surface area contributed by atoms with Crippen LogP contribution in [0.4, 0.5) is 0 Å². The molecular weight excluding hydrogens is 188 g/mol. The Labute approximate surface area is 92.6 Å². The molecule has 1 aliphatic carbocycles. The maximum Gasteiger partial charge on any atom is 0.174 e. The van der Waals surface area contributed by atoms with Crippen molar-refractivity contribution < 1.29 is 9.47 Å². The summed E-state index contributed by atoms with van der Waals surface area (Å²) in [5.41, 5.74) is 0.264. The average Bonchev–Trinajstić information content (AvgIpc) is 2.88. The molecule has 2 fully saturated rings. The number of ether oxygens (including phenoxy) is 2. The van der Waals surface area contributed by atoms with Gasteiger partial charge >= 0.3 is 0 Å². The molecule has 0 unspecified atom stereocenters. The van der Waals surface area contributed by atoms with Crippen LogP contribution in [0.3, 0.4) is 0 Å². The first-order valence-corrected chi connectivity index (χ1v) is 6.17. The topological polar surface area (TPSA) is 18.5 Å². The predicted molar refractivity (Wildman–Crippen MR) is 60.6 cm³/mol. The Morgan fingerprint density at radius 1 is 1.27 bits per heavy atom. The van der Waals surface area contributed by atoms with E-state index in [0.29, 0.717) is 0 Å². The van der Waals surface area contributed by atoms with Crippen LogP contribution in [0.15, 0.2) is 12.7 Å². The molecule has 2 nitrogen and oxygen atoms in total.